The molecule has 0 bridgehead atoms. The van der Waals surface area contributed by atoms with Gasteiger partial charge in [0.15, 0.2) is 6.79 Å². The van der Waals surface area contributed by atoms with E-state index in [1.54, 1.807) is 0 Å². The second-order valence-electron chi connectivity index (χ2n) is 2.94. The van der Waals surface area contributed by atoms with E-state index in [4.69, 9.17) is 20.2 Å². The Kier molecular flexibility index (Phi) is 2.57. The van der Waals surface area contributed by atoms with Gasteiger partial charge in [0, 0.05) is 16.2 Å². The van der Waals surface area contributed by atoms with Crippen molar-refractivity contribution < 1.29 is 22.3 Å². The molecule has 0 unspecified atom stereocenters. The predicted molar refractivity (Wildman–Crippen MR) is 49.7 cm³/mol. The lowest BCUT2D eigenvalue weighted by atomic mass is 10.2. The molecular formula is C8H6ClFO4S. The van der Waals surface area contributed by atoms with E-state index >= 15 is 0 Å². The molecule has 82 valence electrons. The second-order valence-corrected chi connectivity index (χ2v) is 5.48. The van der Waals surface area contributed by atoms with Gasteiger partial charge in [-0.15, -0.1) is 0 Å². The Morgan fingerprint density at radius 1 is 1.40 bits per heavy atom. The molecule has 0 saturated heterocycles. The van der Waals surface area contributed by atoms with E-state index in [0.717, 1.165) is 12.1 Å². The summed E-state index contributed by atoms with van der Waals surface area (Å²) in [6.45, 7) is 0.0323. The van der Waals surface area contributed by atoms with Gasteiger partial charge in [0.2, 0.25) is 0 Å². The Hall–Kier alpha value is -0.850. The number of ether oxygens (including phenoxy) is 2. The van der Waals surface area contributed by atoms with Crippen molar-refractivity contribution in [2.45, 2.75) is 11.5 Å². The molecule has 0 atom stereocenters. The lowest BCUT2D eigenvalue weighted by Gasteiger charge is -2.19. The highest BCUT2D eigenvalue weighted by atomic mass is 35.7. The summed E-state index contributed by atoms with van der Waals surface area (Å²) in [4.78, 5) is -0.359. The van der Waals surface area contributed by atoms with Gasteiger partial charge < -0.3 is 9.47 Å². The van der Waals surface area contributed by atoms with Crippen LogP contribution in [-0.4, -0.2) is 15.2 Å². The standard InChI is InChI=1S/C8H6ClFO4S/c9-15(11,12)7-2-6(10)1-5-3-13-4-14-8(5)7/h1-2H,3-4H2. The molecule has 2 rings (SSSR count). The molecule has 0 aromatic heterocycles. The molecular weight excluding hydrogens is 247 g/mol. The third-order valence-corrected chi connectivity index (χ3v) is 3.23. The van der Waals surface area contributed by atoms with Crippen LogP contribution in [0.5, 0.6) is 5.75 Å². The fourth-order valence-corrected chi connectivity index (χ4v) is 2.34. The number of fused-ring (bicyclic) bond motifs is 1. The van der Waals surface area contributed by atoms with Crippen molar-refractivity contribution in [1.82, 2.24) is 0 Å². The van der Waals surface area contributed by atoms with Crippen molar-refractivity contribution in [3.8, 4) is 5.75 Å². The monoisotopic (exact) mass is 252 g/mol. The van der Waals surface area contributed by atoms with Crippen molar-refractivity contribution in [3.63, 3.8) is 0 Å². The van der Waals surface area contributed by atoms with Crippen LogP contribution in [0, 0.1) is 5.82 Å². The molecule has 7 heteroatoms. The van der Waals surface area contributed by atoms with Crippen LogP contribution >= 0.6 is 10.7 Å². The van der Waals surface area contributed by atoms with Crippen LogP contribution in [0.15, 0.2) is 17.0 Å². The summed E-state index contributed by atoms with van der Waals surface area (Å²) >= 11 is 0. The van der Waals surface area contributed by atoms with Gasteiger partial charge in [-0.3, -0.25) is 0 Å². The number of hydrogen-bond acceptors (Lipinski definition) is 4. The Morgan fingerprint density at radius 3 is 2.80 bits per heavy atom. The summed E-state index contributed by atoms with van der Waals surface area (Å²) in [7, 11) is 1.14. The van der Waals surface area contributed by atoms with Gasteiger partial charge in [0.05, 0.1) is 6.61 Å². The fourth-order valence-electron chi connectivity index (χ4n) is 1.33. The third kappa shape index (κ3) is 2.06. The first-order chi connectivity index (χ1) is 6.98. The first-order valence-corrected chi connectivity index (χ1v) is 6.27. The van der Waals surface area contributed by atoms with Gasteiger partial charge in [-0.2, -0.15) is 0 Å². The van der Waals surface area contributed by atoms with E-state index in [2.05, 4.69) is 0 Å². The maximum Gasteiger partial charge on any atom is 0.265 e. The zero-order chi connectivity index (χ0) is 11.1. The van der Waals surface area contributed by atoms with Gasteiger partial charge in [-0.25, -0.2) is 12.8 Å². The molecule has 0 spiro atoms. The summed E-state index contributed by atoms with van der Waals surface area (Å²) in [5, 5.41) is 0. The van der Waals surface area contributed by atoms with Crippen molar-refractivity contribution in [2.24, 2.45) is 0 Å². The molecule has 0 aliphatic carbocycles. The van der Waals surface area contributed by atoms with E-state index in [1.165, 1.54) is 0 Å². The van der Waals surface area contributed by atoms with E-state index in [1.807, 2.05) is 0 Å². The first-order valence-electron chi connectivity index (χ1n) is 3.96. The van der Waals surface area contributed by atoms with Crippen molar-refractivity contribution >= 4 is 19.7 Å². The zero-order valence-electron chi connectivity index (χ0n) is 7.37. The normalized spacial score (nSPS) is 15.6. The summed E-state index contributed by atoms with van der Waals surface area (Å²) in [5.41, 5.74) is 0.334. The van der Waals surface area contributed by atoms with E-state index < -0.39 is 14.9 Å². The second kappa shape index (κ2) is 3.62. The lowest BCUT2D eigenvalue weighted by Crippen LogP contribution is -2.14. The molecule has 0 amide bonds. The summed E-state index contributed by atoms with van der Waals surface area (Å²) in [6.07, 6.45) is 0. The Labute approximate surface area is 90.0 Å². The van der Waals surface area contributed by atoms with Gasteiger partial charge in [-0.1, -0.05) is 0 Å². The maximum atomic E-state index is 13.1. The van der Waals surface area contributed by atoms with Crippen molar-refractivity contribution in [3.05, 3.63) is 23.5 Å². The largest absolute Gasteiger partial charge is 0.466 e. The number of rotatable bonds is 1. The lowest BCUT2D eigenvalue weighted by molar-refractivity contribution is -0.0187. The van der Waals surface area contributed by atoms with E-state index in [-0.39, 0.29) is 24.0 Å². The Bertz CT molecular complexity index is 500. The molecule has 1 aliphatic rings. The molecule has 1 aromatic carbocycles. The highest BCUT2D eigenvalue weighted by Crippen LogP contribution is 2.34. The minimum atomic E-state index is -4.02. The molecule has 4 nitrogen and oxygen atoms in total. The van der Waals surface area contributed by atoms with Crippen LogP contribution in [0.4, 0.5) is 4.39 Å². The van der Waals surface area contributed by atoms with Gasteiger partial charge in [-0.05, 0) is 12.1 Å². The third-order valence-electron chi connectivity index (χ3n) is 1.90. The fraction of sp³-hybridized carbons (Fsp3) is 0.250. The highest BCUT2D eigenvalue weighted by Gasteiger charge is 2.24. The van der Waals surface area contributed by atoms with Gasteiger partial charge >= 0.3 is 0 Å². The number of hydrogen-bond donors (Lipinski definition) is 0. The van der Waals surface area contributed by atoms with Crippen LogP contribution in [0.25, 0.3) is 0 Å². The molecule has 1 aliphatic heterocycles. The SMILES string of the molecule is O=S(=O)(Cl)c1cc(F)cc2c1OCOC2. The molecule has 0 radical (unpaired) electrons. The Morgan fingerprint density at radius 2 is 2.13 bits per heavy atom. The average molecular weight is 253 g/mol. The summed E-state index contributed by atoms with van der Waals surface area (Å²) < 4.78 is 45.2. The van der Waals surface area contributed by atoms with Crippen LogP contribution < -0.4 is 4.74 Å². The Balaban J connectivity index is 2.68. The molecule has 1 aromatic rings. The predicted octanol–water partition coefficient (Wildman–Crippen LogP) is 1.62. The van der Waals surface area contributed by atoms with Crippen LogP contribution in [0.2, 0.25) is 0 Å². The minimum Gasteiger partial charge on any atom is -0.466 e. The number of benzene rings is 1. The van der Waals surface area contributed by atoms with Gasteiger partial charge in [0.25, 0.3) is 9.05 Å². The topological polar surface area (TPSA) is 52.6 Å². The number of halogens is 2. The highest BCUT2D eigenvalue weighted by molar-refractivity contribution is 8.13. The minimum absolute atomic E-state index is 0.0673. The quantitative estimate of drug-likeness (QED) is 0.713. The summed E-state index contributed by atoms with van der Waals surface area (Å²) in [5.74, 6) is -0.625. The first kappa shape index (κ1) is 10.7. The molecule has 1 heterocycles. The molecule has 0 fully saturated rings. The van der Waals surface area contributed by atoms with Crippen molar-refractivity contribution in [1.29, 1.82) is 0 Å². The smallest absolute Gasteiger partial charge is 0.265 e. The maximum absolute atomic E-state index is 13.1. The zero-order valence-corrected chi connectivity index (χ0v) is 8.94. The van der Waals surface area contributed by atoms with Crippen LogP contribution in [0.3, 0.4) is 0 Å². The van der Waals surface area contributed by atoms with Crippen LogP contribution in [0.1, 0.15) is 5.56 Å². The average Bonchev–Trinajstić information content (AvgIpc) is 2.15. The molecule has 0 saturated carbocycles. The van der Waals surface area contributed by atoms with Gasteiger partial charge in [0.1, 0.15) is 16.5 Å². The van der Waals surface area contributed by atoms with E-state index in [9.17, 15) is 12.8 Å². The van der Waals surface area contributed by atoms with Crippen LogP contribution in [-0.2, 0) is 20.4 Å². The molecule has 15 heavy (non-hydrogen) atoms. The summed E-state index contributed by atoms with van der Waals surface area (Å²) in [6, 6.07) is 1.98. The van der Waals surface area contributed by atoms with Crippen molar-refractivity contribution in [2.75, 3.05) is 6.79 Å². The molecule has 0 N–H and O–H groups in total. The van der Waals surface area contributed by atoms with E-state index in [0.29, 0.717) is 5.56 Å².